The lowest BCUT2D eigenvalue weighted by Gasteiger charge is -2.18. The maximum Gasteiger partial charge on any atom is 0.311 e. The van der Waals surface area contributed by atoms with Gasteiger partial charge in [0.25, 0.3) is 0 Å². The summed E-state index contributed by atoms with van der Waals surface area (Å²) in [5.41, 5.74) is 8.91. The van der Waals surface area contributed by atoms with E-state index in [-0.39, 0.29) is 11.9 Å². The van der Waals surface area contributed by atoms with Gasteiger partial charge in [-0.1, -0.05) is 24.3 Å². The SMILES string of the molecule is CCn1c(CC(C(=O)O)c2ccc(OC3CCN(C(C)=N)C3)cc2)cc2ccc(C(=N)N)cc21. The van der Waals surface area contributed by atoms with Crippen LogP contribution in [0.25, 0.3) is 10.9 Å². The van der Waals surface area contributed by atoms with E-state index in [9.17, 15) is 9.90 Å². The summed E-state index contributed by atoms with van der Waals surface area (Å²) in [6.07, 6.45) is 1.24. The first-order chi connectivity index (χ1) is 16.3. The lowest BCUT2D eigenvalue weighted by Crippen LogP contribution is -2.28. The molecule has 1 fully saturated rings. The van der Waals surface area contributed by atoms with Crippen LogP contribution in [0.3, 0.4) is 0 Å². The molecule has 2 atom stereocenters. The quantitative estimate of drug-likeness (QED) is 0.300. The number of rotatable bonds is 8. The Bertz CT molecular complexity index is 1230. The Morgan fingerprint density at radius 3 is 2.53 bits per heavy atom. The molecule has 0 aliphatic carbocycles. The van der Waals surface area contributed by atoms with Crippen LogP contribution in [0, 0.1) is 10.8 Å². The number of nitrogen functional groups attached to an aromatic ring is 1. The van der Waals surface area contributed by atoms with Gasteiger partial charge in [-0.3, -0.25) is 15.6 Å². The number of carboxylic acid groups (broad SMARTS) is 1. The van der Waals surface area contributed by atoms with Crippen LogP contribution in [-0.2, 0) is 17.8 Å². The molecule has 34 heavy (non-hydrogen) atoms. The average molecular weight is 462 g/mol. The van der Waals surface area contributed by atoms with E-state index < -0.39 is 11.9 Å². The number of carboxylic acids is 1. The molecular weight excluding hydrogens is 430 g/mol. The van der Waals surface area contributed by atoms with Crippen LogP contribution in [0.1, 0.15) is 43.0 Å². The third kappa shape index (κ3) is 4.76. The number of aryl methyl sites for hydroxylation is 1. The Hall–Kier alpha value is -3.81. The first-order valence-electron chi connectivity index (χ1n) is 11.5. The molecule has 8 heteroatoms. The van der Waals surface area contributed by atoms with Crippen molar-refractivity contribution >= 4 is 28.5 Å². The number of aromatic nitrogens is 1. The number of hydrogen-bond donors (Lipinski definition) is 4. The highest BCUT2D eigenvalue weighted by molar-refractivity contribution is 5.98. The highest BCUT2D eigenvalue weighted by atomic mass is 16.5. The van der Waals surface area contributed by atoms with Gasteiger partial charge in [-0.2, -0.15) is 0 Å². The molecule has 178 valence electrons. The molecule has 1 aliphatic rings. The van der Waals surface area contributed by atoms with Crippen molar-refractivity contribution in [2.24, 2.45) is 5.73 Å². The first kappa shape index (κ1) is 23.4. The topological polar surface area (TPSA) is 128 Å². The van der Waals surface area contributed by atoms with E-state index in [4.69, 9.17) is 21.3 Å². The van der Waals surface area contributed by atoms with Gasteiger partial charge in [-0.25, -0.2) is 0 Å². The molecule has 3 aromatic rings. The number of benzene rings is 2. The molecule has 1 saturated heterocycles. The first-order valence-corrected chi connectivity index (χ1v) is 11.5. The van der Waals surface area contributed by atoms with Gasteiger partial charge in [0, 0.05) is 42.7 Å². The van der Waals surface area contributed by atoms with Gasteiger partial charge >= 0.3 is 5.97 Å². The van der Waals surface area contributed by atoms with Crippen molar-refractivity contribution in [3.05, 3.63) is 65.4 Å². The van der Waals surface area contributed by atoms with E-state index in [0.29, 0.717) is 36.7 Å². The maximum atomic E-state index is 12.2. The van der Waals surface area contributed by atoms with Gasteiger partial charge in [0.15, 0.2) is 0 Å². The van der Waals surface area contributed by atoms with Crippen LogP contribution >= 0.6 is 0 Å². The fourth-order valence-corrected chi connectivity index (χ4v) is 4.68. The van der Waals surface area contributed by atoms with E-state index in [1.165, 1.54) is 0 Å². The standard InChI is InChI=1S/C26H31N5O3/c1-3-31-20(12-18-4-5-19(25(28)29)13-24(18)31)14-23(26(32)33)17-6-8-21(9-7-17)34-22-10-11-30(15-22)16(2)27/h4-9,12-13,22-23,27H,3,10-11,14-15H2,1-2H3,(H3,28,29)(H,32,33). The Kier molecular flexibility index (Phi) is 6.58. The second-order valence-electron chi connectivity index (χ2n) is 8.79. The van der Waals surface area contributed by atoms with E-state index in [0.717, 1.165) is 35.1 Å². The Morgan fingerprint density at radius 1 is 1.21 bits per heavy atom. The summed E-state index contributed by atoms with van der Waals surface area (Å²) in [6.45, 7) is 6.01. The summed E-state index contributed by atoms with van der Waals surface area (Å²) < 4.78 is 8.15. The highest BCUT2D eigenvalue weighted by Gasteiger charge is 2.25. The van der Waals surface area contributed by atoms with E-state index in [1.807, 2.05) is 60.4 Å². The van der Waals surface area contributed by atoms with Crippen molar-refractivity contribution in [2.75, 3.05) is 13.1 Å². The summed E-state index contributed by atoms with van der Waals surface area (Å²) in [4.78, 5) is 14.2. The number of aliphatic carboxylic acids is 1. The van der Waals surface area contributed by atoms with Crippen molar-refractivity contribution in [3.63, 3.8) is 0 Å². The number of ether oxygens (including phenoxy) is 1. The zero-order valence-electron chi connectivity index (χ0n) is 19.5. The van der Waals surface area contributed by atoms with Gasteiger partial charge in [0.1, 0.15) is 17.7 Å². The maximum absolute atomic E-state index is 12.2. The van der Waals surface area contributed by atoms with Crippen molar-refractivity contribution < 1.29 is 14.6 Å². The predicted octanol–water partition coefficient (Wildman–Crippen LogP) is 3.81. The predicted molar refractivity (Wildman–Crippen MR) is 133 cm³/mol. The van der Waals surface area contributed by atoms with Crippen LogP contribution in [0.2, 0.25) is 0 Å². The van der Waals surface area contributed by atoms with Gasteiger partial charge in [-0.05, 0) is 49.1 Å². The van der Waals surface area contributed by atoms with Crippen molar-refractivity contribution in [3.8, 4) is 5.75 Å². The summed E-state index contributed by atoms with van der Waals surface area (Å²) in [5, 5.41) is 26.5. The Labute approximate surface area is 199 Å². The molecule has 0 radical (unpaired) electrons. The fraction of sp³-hybridized carbons (Fsp3) is 0.346. The molecule has 2 aromatic carbocycles. The monoisotopic (exact) mass is 461 g/mol. The van der Waals surface area contributed by atoms with Crippen LogP contribution in [-0.4, -0.2) is 51.4 Å². The number of nitrogens with zero attached hydrogens (tertiary/aromatic N) is 2. The number of fused-ring (bicyclic) bond motifs is 1. The number of carbonyl (C=O) groups is 1. The minimum absolute atomic E-state index is 0.0105. The summed E-state index contributed by atoms with van der Waals surface area (Å²) in [7, 11) is 0. The van der Waals surface area contributed by atoms with Crippen LogP contribution in [0.5, 0.6) is 5.75 Å². The zero-order chi connectivity index (χ0) is 24.4. The largest absolute Gasteiger partial charge is 0.489 e. The molecule has 0 spiro atoms. The van der Waals surface area contributed by atoms with Gasteiger partial charge in [0.05, 0.1) is 18.3 Å². The molecule has 2 heterocycles. The van der Waals surface area contributed by atoms with Crippen LogP contribution in [0.15, 0.2) is 48.5 Å². The van der Waals surface area contributed by atoms with Gasteiger partial charge in [-0.15, -0.1) is 0 Å². The van der Waals surface area contributed by atoms with Crippen molar-refractivity contribution in [1.82, 2.24) is 9.47 Å². The number of likely N-dealkylation sites (tertiary alicyclic amines) is 1. The van der Waals surface area contributed by atoms with Gasteiger partial charge in [0.2, 0.25) is 0 Å². The molecule has 1 aliphatic heterocycles. The third-order valence-electron chi connectivity index (χ3n) is 6.53. The molecular formula is C26H31N5O3. The number of amidine groups is 2. The third-order valence-corrected chi connectivity index (χ3v) is 6.53. The van der Waals surface area contributed by atoms with Crippen LogP contribution < -0.4 is 10.5 Å². The number of hydrogen-bond acceptors (Lipinski definition) is 4. The normalized spacial score (nSPS) is 16.5. The second-order valence-corrected chi connectivity index (χ2v) is 8.79. The Balaban J connectivity index is 1.54. The second kappa shape index (κ2) is 9.59. The Morgan fingerprint density at radius 2 is 1.94 bits per heavy atom. The van der Waals surface area contributed by atoms with Crippen molar-refractivity contribution in [1.29, 1.82) is 10.8 Å². The van der Waals surface area contributed by atoms with E-state index in [1.54, 1.807) is 6.92 Å². The highest BCUT2D eigenvalue weighted by Crippen LogP contribution is 2.29. The molecule has 0 bridgehead atoms. The van der Waals surface area contributed by atoms with E-state index in [2.05, 4.69) is 4.57 Å². The molecule has 8 nitrogen and oxygen atoms in total. The van der Waals surface area contributed by atoms with Crippen LogP contribution in [0.4, 0.5) is 0 Å². The lowest BCUT2D eigenvalue weighted by molar-refractivity contribution is -0.138. The minimum Gasteiger partial charge on any atom is -0.489 e. The molecule has 0 amide bonds. The minimum atomic E-state index is -0.876. The summed E-state index contributed by atoms with van der Waals surface area (Å²) >= 11 is 0. The summed E-state index contributed by atoms with van der Waals surface area (Å²) in [6, 6.07) is 15.0. The number of nitrogens with one attached hydrogen (secondary N) is 2. The molecule has 1 aromatic heterocycles. The van der Waals surface area contributed by atoms with E-state index >= 15 is 0 Å². The summed E-state index contributed by atoms with van der Waals surface area (Å²) in [5.74, 6) is -0.303. The molecule has 0 saturated carbocycles. The molecule has 2 unspecified atom stereocenters. The number of nitrogens with two attached hydrogens (primary N) is 1. The van der Waals surface area contributed by atoms with Gasteiger partial charge < -0.3 is 25.0 Å². The van der Waals surface area contributed by atoms with Crippen molar-refractivity contribution in [2.45, 2.75) is 45.3 Å². The average Bonchev–Trinajstić information content (AvgIpc) is 3.41. The smallest absolute Gasteiger partial charge is 0.311 e. The zero-order valence-corrected chi connectivity index (χ0v) is 19.5. The lowest BCUT2D eigenvalue weighted by atomic mass is 9.94. The fourth-order valence-electron chi connectivity index (χ4n) is 4.68. The molecule has 5 N–H and O–H groups in total. The molecule has 4 rings (SSSR count).